The van der Waals surface area contributed by atoms with Gasteiger partial charge in [0.1, 0.15) is 0 Å². The molecule has 0 atom stereocenters. The smallest absolute Gasteiger partial charge is 0.0460 e. The molecular formula is C20H33N3O. The van der Waals surface area contributed by atoms with E-state index in [0.29, 0.717) is 18.6 Å². The quantitative estimate of drug-likeness (QED) is 0.897. The summed E-state index contributed by atoms with van der Waals surface area (Å²) in [6.45, 7) is 6.00. The highest BCUT2D eigenvalue weighted by Crippen LogP contribution is 2.27. The van der Waals surface area contributed by atoms with Crippen molar-refractivity contribution in [2.45, 2.75) is 38.3 Å². The molecule has 4 nitrogen and oxygen atoms in total. The van der Waals surface area contributed by atoms with Crippen molar-refractivity contribution in [2.75, 3.05) is 51.8 Å². The van der Waals surface area contributed by atoms with E-state index in [4.69, 9.17) is 0 Å². The van der Waals surface area contributed by atoms with Gasteiger partial charge in [-0.25, -0.2) is 0 Å². The minimum Gasteiger partial charge on any atom is -0.396 e. The van der Waals surface area contributed by atoms with Gasteiger partial charge in [0.05, 0.1) is 0 Å². The third-order valence-corrected chi connectivity index (χ3v) is 5.97. The molecule has 0 spiro atoms. The predicted octanol–water partition coefficient (Wildman–Crippen LogP) is 2.42. The van der Waals surface area contributed by atoms with Gasteiger partial charge in [0.2, 0.25) is 0 Å². The minimum absolute atomic E-state index is 0.350. The normalized spacial score (nSPS) is 22.0. The number of nitrogens with zero attached hydrogens (tertiary/aromatic N) is 3. The molecule has 134 valence electrons. The van der Waals surface area contributed by atoms with E-state index in [2.05, 4.69) is 53.1 Å². The van der Waals surface area contributed by atoms with Crippen molar-refractivity contribution in [3.63, 3.8) is 0 Å². The predicted molar refractivity (Wildman–Crippen MR) is 100 cm³/mol. The lowest BCUT2D eigenvalue weighted by molar-refractivity contribution is 0.127. The molecule has 0 amide bonds. The number of anilines is 1. The molecule has 0 aliphatic carbocycles. The molecule has 1 aromatic rings. The van der Waals surface area contributed by atoms with Crippen LogP contribution in [-0.4, -0.2) is 67.8 Å². The van der Waals surface area contributed by atoms with Crippen molar-refractivity contribution >= 4 is 5.69 Å². The lowest BCUT2D eigenvalue weighted by Gasteiger charge is -2.38. The van der Waals surface area contributed by atoms with Crippen molar-refractivity contribution in [1.82, 2.24) is 9.80 Å². The molecule has 2 aliphatic rings. The van der Waals surface area contributed by atoms with Crippen LogP contribution in [0.5, 0.6) is 0 Å². The van der Waals surface area contributed by atoms with Crippen molar-refractivity contribution in [1.29, 1.82) is 0 Å². The van der Waals surface area contributed by atoms with Gasteiger partial charge >= 0.3 is 0 Å². The highest BCUT2D eigenvalue weighted by Gasteiger charge is 2.23. The number of likely N-dealkylation sites (tertiary alicyclic amines) is 2. The first-order valence-corrected chi connectivity index (χ1v) is 9.50. The van der Waals surface area contributed by atoms with E-state index in [1.165, 1.54) is 37.2 Å². The summed E-state index contributed by atoms with van der Waals surface area (Å²) in [7, 11) is 4.49. The number of para-hydroxylation sites is 1. The number of hydrogen-bond acceptors (Lipinski definition) is 4. The van der Waals surface area contributed by atoms with Gasteiger partial charge in [-0.15, -0.1) is 0 Å². The molecule has 0 unspecified atom stereocenters. The lowest BCUT2D eigenvalue weighted by atomic mass is 9.97. The Morgan fingerprint density at radius 1 is 1.04 bits per heavy atom. The first kappa shape index (κ1) is 17.7. The zero-order chi connectivity index (χ0) is 16.9. The van der Waals surface area contributed by atoms with Gasteiger partial charge in [0, 0.05) is 31.9 Å². The molecule has 3 rings (SSSR count). The van der Waals surface area contributed by atoms with Crippen LogP contribution in [0.15, 0.2) is 24.3 Å². The van der Waals surface area contributed by atoms with E-state index in [-0.39, 0.29) is 0 Å². The molecule has 0 bridgehead atoms. The molecule has 0 aromatic heterocycles. The standard InChI is InChI=1S/C20H33N3O/c1-21-11-9-19(10-12-21)22(2)20-6-4-3-5-18(20)15-23-13-7-17(16-24)8-14-23/h3-6,17,19,24H,7-16H2,1-2H3. The fourth-order valence-electron chi connectivity index (χ4n) is 4.14. The third kappa shape index (κ3) is 4.29. The summed E-state index contributed by atoms with van der Waals surface area (Å²) in [4.78, 5) is 7.50. The Labute approximate surface area is 147 Å². The number of benzene rings is 1. The Bertz CT molecular complexity index is 505. The molecule has 24 heavy (non-hydrogen) atoms. The maximum atomic E-state index is 9.32. The average Bonchev–Trinajstić information content (AvgIpc) is 2.63. The number of piperidine rings is 2. The Morgan fingerprint density at radius 3 is 2.38 bits per heavy atom. The van der Waals surface area contributed by atoms with Crippen LogP contribution in [0.2, 0.25) is 0 Å². The summed E-state index contributed by atoms with van der Waals surface area (Å²) >= 11 is 0. The SMILES string of the molecule is CN1CCC(N(C)c2ccccc2CN2CCC(CO)CC2)CC1. The molecule has 2 heterocycles. The minimum atomic E-state index is 0.350. The fourth-order valence-corrected chi connectivity index (χ4v) is 4.14. The highest BCUT2D eigenvalue weighted by molar-refractivity contribution is 5.54. The Kier molecular flexibility index (Phi) is 6.14. The summed E-state index contributed by atoms with van der Waals surface area (Å²) in [6, 6.07) is 9.57. The molecular weight excluding hydrogens is 298 g/mol. The summed E-state index contributed by atoms with van der Waals surface area (Å²) in [5.41, 5.74) is 2.85. The fraction of sp³-hybridized carbons (Fsp3) is 0.700. The second-order valence-electron chi connectivity index (χ2n) is 7.68. The van der Waals surface area contributed by atoms with Gasteiger partial charge in [-0.1, -0.05) is 18.2 Å². The number of aliphatic hydroxyl groups is 1. The van der Waals surface area contributed by atoms with Gasteiger partial charge in [0.25, 0.3) is 0 Å². The van der Waals surface area contributed by atoms with E-state index < -0.39 is 0 Å². The second kappa shape index (κ2) is 8.32. The van der Waals surface area contributed by atoms with E-state index >= 15 is 0 Å². The van der Waals surface area contributed by atoms with Crippen LogP contribution in [0, 0.1) is 5.92 Å². The largest absolute Gasteiger partial charge is 0.396 e. The lowest BCUT2D eigenvalue weighted by Crippen LogP contribution is -2.42. The van der Waals surface area contributed by atoms with Crippen LogP contribution in [0.1, 0.15) is 31.2 Å². The molecule has 1 aromatic carbocycles. The summed E-state index contributed by atoms with van der Waals surface area (Å²) in [5.74, 6) is 0.512. The molecule has 4 heteroatoms. The zero-order valence-corrected chi connectivity index (χ0v) is 15.3. The zero-order valence-electron chi connectivity index (χ0n) is 15.3. The van der Waals surface area contributed by atoms with E-state index in [0.717, 1.165) is 32.5 Å². The topological polar surface area (TPSA) is 30.0 Å². The molecule has 2 aliphatic heterocycles. The summed E-state index contributed by atoms with van der Waals surface area (Å²) in [5, 5.41) is 9.32. The second-order valence-corrected chi connectivity index (χ2v) is 7.68. The van der Waals surface area contributed by atoms with Gasteiger partial charge in [0.15, 0.2) is 0 Å². The van der Waals surface area contributed by atoms with Crippen LogP contribution in [0.3, 0.4) is 0 Å². The van der Waals surface area contributed by atoms with Crippen molar-refractivity contribution < 1.29 is 5.11 Å². The Morgan fingerprint density at radius 2 is 1.71 bits per heavy atom. The van der Waals surface area contributed by atoms with Gasteiger partial charge in [-0.3, -0.25) is 4.90 Å². The first-order valence-electron chi connectivity index (χ1n) is 9.50. The number of hydrogen-bond donors (Lipinski definition) is 1. The number of aliphatic hydroxyl groups excluding tert-OH is 1. The van der Waals surface area contributed by atoms with Crippen molar-refractivity contribution in [2.24, 2.45) is 5.92 Å². The monoisotopic (exact) mass is 331 g/mol. The van der Waals surface area contributed by atoms with E-state index in [1.807, 2.05) is 0 Å². The summed E-state index contributed by atoms with van der Waals surface area (Å²) < 4.78 is 0. The van der Waals surface area contributed by atoms with Gasteiger partial charge < -0.3 is 14.9 Å². The van der Waals surface area contributed by atoms with Crippen molar-refractivity contribution in [3.05, 3.63) is 29.8 Å². The van der Waals surface area contributed by atoms with Gasteiger partial charge in [-0.05, 0) is 76.5 Å². The van der Waals surface area contributed by atoms with Crippen LogP contribution < -0.4 is 4.90 Å². The van der Waals surface area contributed by atoms with Crippen LogP contribution in [0.4, 0.5) is 5.69 Å². The summed E-state index contributed by atoms with van der Waals surface area (Å²) in [6.07, 6.45) is 4.76. The highest BCUT2D eigenvalue weighted by atomic mass is 16.3. The van der Waals surface area contributed by atoms with Crippen LogP contribution in [0.25, 0.3) is 0 Å². The molecule has 2 saturated heterocycles. The molecule has 2 fully saturated rings. The number of rotatable bonds is 5. The molecule has 1 N–H and O–H groups in total. The average molecular weight is 332 g/mol. The van der Waals surface area contributed by atoms with Gasteiger partial charge in [-0.2, -0.15) is 0 Å². The molecule has 0 radical (unpaired) electrons. The maximum absolute atomic E-state index is 9.32. The van der Waals surface area contributed by atoms with E-state index in [9.17, 15) is 5.11 Å². The maximum Gasteiger partial charge on any atom is 0.0460 e. The van der Waals surface area contributed by atoms with E-state index in [1.54, 1.807) is 0 Å². The molecule has 0 saturated carbocycles. The van der Waals surface area contributed by atoms with Crippen LogP contribution in [-0.2, 0) is 6.54 Å². The van der Waals surface area contributed by atoms with Crippen LogP contribution >= 0.6 is 0 Å². The third-order valence-electron chi connectivity index (χ3n) is 5.97. The van der Waals surface area contributed by atoms with Crippen molar-refractivity contribution in [3.8, 4) is 0 Å². The Hall–Kier alpha value is -1.10. The first-order chi connectivity index (χ1) is 11.7. The Balaban J connectivity index is 1.64.